The number of rotatable bonds is 5. The summed E-state index contributed by atoms with van der Waals surface area (Å²) in [6.07, 6.45) is 3.45. The molecule has 16 heavy (non-hydrogen) atoms. The highest BCUT2D eigenvalue weighted by Gasteiger charge is 2.17. The lowest BCUT2D eigenvalue weighted by Crippen LogP contribution is -2.27. The fourth-order valence-corrected chi connectivity index (χ4v) is 2.45. The predicted molar refractivity (Wildman–Crippen MR) is 73.9 cm³/mol. The highest BCUT2D eigenvalue weighted by molar-refractivity contribution is 5.31. The van der Waals surface area contributed by atoms with Crippen LogP contribution in [0, 0.1) is 13.8 Å². The molecule has 1 rings (SSSR count). The molecule has 92 valence electrons. The van der Waals surface area contributed by atoms with E-state index in [9.17, 15) is 0 Å². The van der Waals surface area contributed by atoms with Gasteiger partial charge in [-0.3, -0.25) is 0 Å². The van der Waals surface area contributed by atoms with Gasteiger partial charge in [-0.1, -0.05) is 49.6 Å². The molecule has 0 saturated heterocycles. The van der Waals surface area contributed by atoms with E-state index in [-0.39, 0.29) is 1.43 Å². The first-order chi connectivity index (χ1) is 7.58. The smallest absolute Gasteiger partial charge is 0.0105 e. The molecule has 0 bridgehead atoms. The lowest BCUT2D eigenvalue weighted by Gasteiger charge is -2.23. The van der Waals surface area contributed by atoms with E-state index < -0.39 is 0 Å². The van der Waals surface area contributed by atoms with Gasteiger partial charge in [0.05, 0.1) is 0 Å². The van der Waals surface area contributed by atoms with Gasteiger partial charge in [-0.25, -0.2) is 0 Å². The Bertz CT molecular complexity index is 315. The Kier molecular flexibility index (Phi) is 5.01. The van der Waals surface area contributed by atoms with Crippen molar-refractivity contribution < 1.29 is 1.43 Å². The van der Waals surface area contributed by atoms with Gasteiger partial charge in [0, 0.05) is 7.47 Å². The van der Waals surface area contributed by atoms with Crippen LogP contribution < -0.4 is 5.73 Å². The molecule has 0 aliphatic rings. The van der Waals surface area contributed by atoms with Gasteiger partial charge in [-0.15, -0.1) is 0 Å². The first-order valence-corrected chi connectivity index (χ1v) is 6.42. The van der Waals surface area contributed by atoms with Gasteiger partial charge in [0.2, 0.25) is 0 Å². The maximum Gasteiger partial charge on any atom is 0.0105 e. The third-order valence-corrected chi connectivity index (χ3v) is 3.26. The van der Waals surface area contributed by atoms with Crippen molar-refractivity contribution in [3.05, 3.63) is 34.9 Å². The molecule has 1 nitrogen and oxygen atoms in total. The molecule has 2 N–H and O–H groups in total. The molecular formula is C15H27N. The average Bonchev–Trinajstić information content (AvgIpc) is 2.23. The summed E-state index contributed by atoms with van der Waals surface area (Å²) < 4.78 is 0. The molecule has 0 saturated carbocycles. The van der Waals surface area contributed by atoms with Crippen LogP contribution in [0.4, 0.5) is 0 Å². The zero-order valence-electron chi connectivity index (χ0n) is 11.1. The molecule has 1 aromatic rings. The van der Waals surface area contributed by atoms with Gasteiger partial charge in [0.1, 0.15) is 0 Å². The van der Waals surface area contributed by atoms with E-state index in [2.05, 4.69) is 45.9 Å². The lowest BCUT2D eigenvalue weighted by molar-refractivity contribution is 0.483. The van der Waals surface area contributed by atoms with Crippen molar-refractivity contribution in [1.82, 2.24) is 0 Å². The van der Waals surface area contributed by atoms with Crippen molar-refractivity contribution in [1.29, 1.82) is 0 Å². The number of hydrogen-bond donors (Lipinski definition) is 1. The van der Waals surface area contributed by atoms with Crippen molar-refractivity contribution in [2.75, 3.05) is 0 Å². The van der Waals surface area contributed by atoms with Crippen LogP contribution in [0.2, 0.25) is 0 Å². The van der Waals surface area contributed by atoms with Crippen LogP contribution in [0.1, 0.15) is 57.1 Å². The molecule has 0 aliphatic heterocycles. The third-order valence-electron chi connectivity index (χ3n) is 3.26. The van der Waals surface area contributed by atoms with Crippen LogP contribution in [0.15, 0.2) is 18.2 Å². The Balaban J connectivity index is 0.00000256. The summed E-state index contributed by atoms with van der Waals surface area (Å²) in [6, 6.07) is 7.11. The molecule has 2 atom stereocenters. The van der Waals surface area contributed by atoms with E-state index in [1.54, 1.807) is 0 Å². The van der Waals surface area contributed by atoms with E-state index in [4.69, 9.17) is 5.73 Å². The van der Waals surface area contributed by atoms with Crippen LogP contribution in [-0.4, -0.2) is 6.04 Å². The summed E-state index contributed by atoms with van der Waals surface area (Å²) in [5.74, 6) is 0.522. The predicted octanol–water partition coefficient (Wildman–Crippen LogP) is 4.17. The number of hydrogen-bond acceptors (Lipinski definition) is 1. The van der Waals surface area contributed by atoms with Gasteiger partial charge in [-0.05, 0) is 38.2 Å². The van der Waals surface area contributed by atoms with E-state index in [1.807, 2.05) is 0 Å². The standard InChI is InChI=1S/C15H25N.H2/c1-5-7-14(15(16)6-2)13-9-11(3)8-12(4)10-13;/h8-10,14-15H,5-7,16H2,1-4H3;1H/t14-,15+;/m0./s1. The van der Waals surface area contributed by atoms with Crippen molar-refractivity contribution >= 4 is 0 Å². The van der Waals surface area contributed by atoms with E-state index in [1.165, 1.54) is 29.5 Å². The zero-order valence-corrected chi connectivity index (χ0v) is 11.1. The summed E-state index contributed by atoms with van der Waals surface area (Å²) in [5, 5.41) is 0. The first kappa shape index (κ1) is 13.2. The Hall–Kier alpha value is -0.820. The van der Waals surface area contributed by atoms with Crippen LogP contribution in [-0.2, 0) is 0 Å². The molecule has 0 aromatic heterocycles. The zero-order chi connectivity index (χ0) is 12.1. The molecule has 0 spiro atoms. The first-order valence-electron chi connectivity index (χ1n) is 6.42. The Morgan fingerprint density at radius 1 is 1.12 bits per heavy atom. The lowest BCUT2D eigenvalue weighted by atomic mass is 9.85. The van der Waals surface area contributed by atoms with Gasteiger partial charge in [0.15, 0.2) is 0 Å². The molecule has 0 unspecified atom stereocenters. The second-order valence-electron chi connectivity index (χ2n) is 4.89. The normalized spacial score (nSPS) is 14.8. The van der Waals surface area contributed by atoms with Gasteiger partial charge >= 0.3 is 0 Å². The Morgan fingerprint density at radius 2 is 1.69 bits per heavy atom. The number of aryl methyl sites for hydroxylation is 2. The number of nitrogens with two attached hydrogens (primary N) is 1. The van der Waals surface area contributed by atoms with E-state index in [0.29, 0.717) is 12.0 Å². The summed E-state index contributed by atoms with van der Waals surface area (Å²) >= 11 is 0. The highest BCUT2D eigenvalue weighted by atomic mass is 14.6. The topological polar surface area (TPSA) is 26.0 Å². The van der Waals surface area contributed by atoms with Gasteiger partial charge in [-0.2, -0.15) is 0 Å². The van der Waals surface area contributed by atoms with Crippen LogP contribution >= 0.6 is 0 Å². The maximum atomic E-state index is 6.24. The quantitative estimate of drug-likeness (QED) is 0.793. The fraction of sp³-hybridized carbons (Fsp3) is 0.600. The molecule has 0 heterocycles. The van der Waals surface area contributed by atoms with Crippen molar-refractivity contribution in [3.63, 3.8) is 0 Å². The molecule has 0 fully saturated rings. The van der Waals surface area contributed by atoms with Gasteiger partial charge in [0.25, 0.3) is 0 Å². The minimum absolute atomic E-state index is 0. The summed E-state index contributed by atoms with van der Waals surface area (Å²) in [4.78, 5) is 0. The Morgan fingerprint density at radius 3 is 2.12 bits per heavy atom. The monoisotopic (exact) mass is 221 g/mol. The van der Waals surface area contributed by atoms with Gasteiger partial charge < -0.3 is 5.73 Å². The Labute approximate surface area is 102 Å². The van der Waals surface area contributed by atoms with Crippen molar-refractivity contribution in [2.24, 2.45) is 5.73 Å². The number of benzene rings is 1. The summed E-state index contributed by atoms with van der Waals surface area (Å²) in [5.41, 5.74) is 10.4. The van der Waals surface area contributed by atoms with Crippen LogP contribution in [0.5, 0.6) is 0 Å². The van der Waals surface area contributed by atoms with E-state index >= 15 is 0 Å². The molecule has 0 amide bonds. The molecular weight excluding hydrogens is 194 g/mol. The minimum Gasteiger partial charge on any atom is -0.327 e. The molecule has 0 radical (unpaired) electrons. The van der Waals surface area contributed by atoms with Crippen LogP contribution in [0.25, 0.3) is 0 Å². The SMILES string of the molecule is CCC[C@@H](c1cc(C)cc(C)c1)[C@H](N)CC.[HH]. The van der Waals surface area contributed by atoms with Crippen molar-refractivity contribution in [2.45, 2.75) is 58.9 Å². The van der Waals surface area contributed by atoms with Crippen molar-refractivity contribution in [3.8, 4) is 0 Å². The molecule has 1 aromatic carbocycles. The fourth-order valence-electron chi connectivity index (χ4n) is 2.45. The van der Waals surface area contributed by atoms with Crippen LogP contribution in [0.3, 0.4) is 0 Å². The maximum absolute atomic E-state index is 6.24. The molecule has 1 heteroatoms. The third kappa shape index (κ3) is 3.34. The molecule has 0 aliphatic carbocycles. The summed E-state index contributed by atoms with van der Waals surface area (Å²) in [7, 11) is 0. The minimum atomic E-state index is 0. The second kappa shape index (κ2) is 6.05. The second-order valence-corrected chi connectivity index (χ2v) is 4.89. The largest absolute Gasteiger partial charge is 0.327 e. The summed E-state index contributed by atoms with van der Waals surface area (Å²) in [6.45, 7) is 8.74. The van der Waals surface area contributed by atoms with E-state index in [0.717, 1.165) is 6.42 Å². The highest BCUT2D eigenvalue weighted by Crippen LogP contribution is 2.27. The average molecular weight is 221 g/mol.